The molecule has 0 radical (unpaired) electrons. The Hall–Kier alpha value is -3.22. The number of nitrogens with one attached hydrogen (secondary N) is 1. The number of aryl methyl sites for hydroxylation is 1. The van der Waals surface area contributed by atoms with E-state index in [9.17, 15) is 0 Å². The third-order valence-electron chi connectivity index (χ3n) is 4.35. The first-order valence-electron chi connectivity index (χ1n) is 9.34. The summed E-state index contributed by atoms with van der Waals surface area (Å²) in [4.78, 5) is 4.41. The largest absolute Gasteiger partial charge is 0.497 e. The summed E-state index contributed by atoms with van der Waals surface area (Å²) in [6, 6.07) is 11.4. The smallest absolute Gasteiger partial charge is 0.174 e. The molecule has 148 valence electrons. The third kappa shape index (κ3) is 4.73. The van der Waals surface area contributed by atoms with Gasteiger partial charge in [-0.15, -0.1) is 0 Å². The maximum atomic E-state index is 5.95. The molecule has 3 aromatic rings. The summed E-state index contributed by atoms with van der Waals surface area (Å²) < 4.78 is 16.5. The maximum absolute atomic E-state index is 5.95. The Bertz CT molecular complexity index is 907. The van der Waals surface area contributed by atoms with Crippen LogP contribution >= 0.6 is 0 Å². The van der Waals surface area contributed by atoms with Gasteiger partial charge in [-0.1, -0.05) is 18.5 Å². The average molecular weight is 382 g/mol. The molecule has 28 heavy (non-hydrogen) atoms. The molecule has 0 fully saturated rings. The van der Waals surface area contributed by atoms with Gasteiger partial charge in [-0.25, -0.2) is 4.98 Å². The second-order valence-electron chi connectivity index (χ2n) is 6.51. The second-order valence-corrected chi connectivity index (χ2v) is 6.51. The van der Waals surface area contributed by atoms with Crippen LogP contribution in [0.3, 0.4) is 0 Å². The number of methoxy groups -OCH3 is 1. The van der Waals surface area contributed by atoms with Crippen molar-refractivity contribution < 1.29 is 14.0 Å². The van der Waals surface area contributed by atoms with Crippen molar-refractivity contribution in [1.82, 2.24) is 10.1 Å². The number of nitrogens with two attached hydrogens (primary N) is 1. The molecule has 0 aliphatic heterocycles. The quantitative estimate of drug-likeness (QED) is 0.529. The minimum Gasteiger partial charge on any atom is -0.497 e. The molecule has 0 aliphatic carbocycles. The third-order valence-corrected chi connectivity index (χ3v) is 4.35. The van der Waals surface area contributed by atoms with Gasteiger partial charge in [0.1, 0.15) is 23.9 Å². The summed E-state index contributed by atoms with van der Waals surface area (Å²) in [6.45, 7) is 5.10. The molecule has 0 saturated carbocycles. The highest BCUT2D eigenvalue weighted by atomic mass is 16.5. The van der Waals surface area contributed by atoms with Crippen LogP contribution in [-0.2, 0) is 6.61 Å². The summed E-state index contributed by atoms with van der Waals surface area (Å²) in [6.07, 6.45) is 2.14. The molecule has 1 aromatic carbocycles. The standard InChI is InChI=1S/C21H26N4O3/c1-4-5-10-23-21-19(11-14(2)20(22)24-21)27-13-17-12-18(25-28-17)15-6-8-16(26-3)9-7-15/h6-9,11-12H,4-5,10,13H2,1-3H3,(H3,22,23,24). The molecule has 0 amide bonds. The number of unbranched alkanes of at least 4 members (excludes halogenated alkanes) is 1. The van der Waals surface area contributed by atoms with Crippen LogP contribution in [0.4, 0.5) is 11.6 Å². The number of nitrogen functional groups attached to an aromatic ring is 1. The highest BCUT2D eigenvalue weighted by Crippen LogP contribution is 2.28. The highest BCUT2D eigenvalue weighted by molar-refractivity contribution is 5.60. The lowest BCUT2D eigenvalue weighted by Crippen LogP contribution is -2.08. The van der Waals surface area contributed by atoms with E-state index in [1.165, 1.54) is 0 Å². The normalized spacial score (nSPS) is 10.7. The molecule has 3 rings (SSSR count). The van der Waals surface area contributed by atoms with E-state index in [0.29, 0.717) is 23.1 Å². The van der Waals surface area contributed by atoms with E-state index < -0.39 is 0 Å². The first kappa shape index (κ1) is 19.5. The molecule has 0 spiro atoms. The Labute approximate surface area is 164 Å². The zero-order chi connectivity index (χ0) is 19.9. The molecule has 0 aliphatic rings. The van der Waals surface area contributed by atoms with Gasteiger partial charge in [-0.05, 0) is 49.2 Å². The number of pyridine rings is 1. The van der Waals surface area contributed by atoms with Crippen LogP contribution in [0.2, 0.25) is 0 Å². The molecule has 0 saturated heterocycles. The zero-order valence-corrected chi connectivity index (χ0v) is 16.5. The van der Waals surface area contributed by atoms with Crippen LogP contribution in [0.1, 0.15) is 31.1 Å². The molecular formula is C21H26N4O3. The fraction of sp³-hybridized carbons (Fsp3) is 0.333. The number of hydrogen-bond acceptors (Lipinski definition) is 7. The number of aromatic nitrogens is 2. The summed E-state index contributed by atoms with van der Waals surface area (Å²) in [5, 5.41) is 7.41. The van der Waals surface area contributed by atoms with Crippen LogP contribution < -0.4 is 20.5 Å². The van der Waals surface area contributed by atoms with Gasteiger partial charge >= 0.3 is 0 Å². The Balaban J connectivity index is 1.70. The fourth-order valence-corrected chi connectivity index (χ4v) is 2.65. The molecule has 7 heteroatoms. The van der Waals surface area contributed by atoms with Gasteiger partial charge in [0.2, 0.25) is 0 Å². The van der Waals surface area contributed by atoms with E-state index in [4.69, 9.17) is 19.7 Å². The molecule has 2 aromatic heterocycles. The molecule has 0 bridgehead atoms. The van der Waals surface area contributed by atoms with E-state index in [1.807, 2.05) is 43.3 Å². The lowest BCUT2D eigenvalue weighted by Gasteiger charge is -2.13. The van der Waals surface area contributed by atoms with Crippen LogP contribution in [-0.4, -0.2) is 23.8 Å². The number of anilines is 2. The van der Waals surface area contributed by atoms with Gasteiger partial charge in [0.15, 0.2) is 17.3 Å². The fourth-order valence-electron chi connectivity index (χ4n) is 2.65. The van der Waals surface area contributed by atoms with Crippen LogP contribution in [0, 0.1) is 6.92 Å². The van der Waals surface area contributed by atoms with E-state index in [1.54, 1.807) is 7.11 Å². The van der Waals surface area contributed by atoms with Crippen molar-refractivity contribution in [3.05, 3.63) is 47.7 Å². The number of rotatable bonds is 9. The second kappa shape index (κ2) is 9.12. The lowest BCUT2D eigenvalue weighted by atomic mass is 10.1. The Morgan fingerprint density at radius 1 is 1.18 bits per heavy atom. The molecule has 0 unspecified atom stereocenters. The first-order chi connectivity index (χ1) is 13.6. The minimum atomic E-state index is 0.247. The van der Waals surface area contributed by atoms with E-state index in [0.717, 1.165) is 42.0 Å². The highest BCUT2D eigenvalue weighted by Gasteiger charge is 2.12. The van der Waals surface area contributed by atoms with E-state index >= 15 is 0 Å². The van der Waals surface area contributed by atoms with E-state index in [2.05, 4.69) is 22.4 Å². The van der Waals surface area contributed by atoms with Crippen molar-refractivity contribution in [2.45, 2.75) is 33.3 Å². The van der Waals surface area contributed by atoms with Gasteiger partial charge in [0.25, 0.3) is 0 Å². The molecule has 2 heterocycles. The van der Waals surface area contributed by atoms with Crippen LogP contribution in [0.15, 0.2) is 40.9 Å². The molecule has 3 N–H and O–H groups in total. The number of benzene rings is 1. The van der Waals surface area contributed by atoms with Crippen molar-refractivity contribution in [2.75, 3.05) is 24.7 Å². The Morgan fingerprint density at radius 2 is 1.96 bits per heavy atom. The van der Waals surface area contributed by atoms with Crippen molar-refractivity contribution in [1.29, 1.82) is 0 Å². The summed E-state index contributed by atoms with van der Waals surface area (Å²) in [5.41, 5.74) is 8.50. The molecule has 0 atom stereocenters. The lowest BCUT2D eigenvalue weighted by molar-refractivity contribution is 0.250. The SMILES string of the molecule is CCCCNc1nc(N)c(C)cc1OCc1cc(-c2ccc(OC)cc2)no1. The Kier molecular flexibility index (Phi) is 6.37. The average Bonchev–Trinajstić information content (AvgIpc) is 3.18. The summed E-state index contributed by atoms with van der Waals surface area (Å²) in [5.74, 6) is 3.20. The van der Waals surface area contributed by atoms with Gasteiger partial charge in [-0.3, -0.25) is 0 Å². The number of ether oxygens (including phenoxy) is 2. The van der Waals surface area contributed by atoms with Gasteiger partial charge in [0, 0.05) is 18.2 Å². The van der Waals surface area contributed by atoms with Crippen LogP contribution in [0.5, 0.6) is 11.5 Å². The predicted octanol–water partition coefficient (Wildman–Crippen LogP) is 4.43. The van der Waals surface area contributed by atoms with E-state index in [-0.39, 0.29) is 6.61 Å². The van der Waals surface area contributed by atoms with Crippen molar-refractivity contribution in [3.63, 3.8) is 0 Å². The Morgan fingerprint density at radius 3 is 2.68 bits per heavy atom. The number of hydrogen-bond donors (Lipinski definition) is 2. The summed E-state index contributed by atoms with van der Waals surface area (Å²) in [7, 11) is 1.64. The van der Waals surface area contributed by atoms with Crippen molar-refractivity contribution in [3.8, 4) is 22.8 Å². The molecular weight excluding hydrogens is 356 g/mol. The maximum Gasteiger partial charge on any atom is 0.174 e. The van der Waals surface area contributed by atoms with Crippen LogP contribution in [0.25, 0.3) is 11.3 Å². The zero-order valence-electron chi connectivity index (χ0n) is 16.5. The monoisotopic (exact) mass is 382 g/mol. The van der Waals surface area contributed by atoms with Gasteiger partial charge < -0.3 is 25.0 Å². The topological polar surface area (TPSA) is 95.4 Å². The minimum absolute atomic E-state index is 0.247. The summed E-state index contributed by atoms with van der Waals surface area (Å²) >= 11 is 0. The van der Waals surface area contributed by atoms with Crippen molar-refractivity contribution >= 4 is 11.6 Å². The van der Waals surface area contributed by atoms with Crippen molar-refractivity contribution in [2.24, 2.45) is 0 Å². The molecule has 7 nitrogen and oxygen atoms in total. The predicted molar refractivity (Wildman–Crippen MR) is 110 cm³/mol. The first-order valence-corrected chi connectivity index (χ1v) is 9.34. The van der Waals surface area contributed by atoms with Gasteiger partial charge in [0.05, 0.1) is 7.11 Å². The van der Waals surface area contributed by atoms with Gasteiger partial charge in [-0.2, -0.15) is 0 Å². The number of nitrogens with zero attached hydrogens (tertiary/aromatic N) is 2.